The molecule has 0 aliphatic carbocycles. The maximum absolute atomic E-state index is 12.9. The highest BCUT2D eigenvalue weighted by molar-refractivity contribution is 7.86. The minimum absolute atomic E-state index is 0.0656. The van der Waals surface area contributed by atoms with Gasteiger partial charge < -0.3 is 9.80 Å². The summed E-state index contributed by atoms with van der Waals surface area (Å²) in [5.74, 6) is 0.116. The number of piperidine rings is 1. The number of anilines is 1. The maximum atomic E-state index is 12.9. The van der Waals surface area contributed by atoms with Gasteiger partial charge in [0.05, 0.1) is 0 Å². The number of nitrogens with zero attached hydrogens (tertiary/aromatic N) is 4. The fraction of sp³-hybridized carbons (Fsp3) is 0.632. The van der Waals surface area contributed by atoms with Gasteiger partial charge in [0.2, 0.25) is 5.91 Å². The molecule has 0 atom stereocenters. The summed E-state index contributed by atoms with van der Waals surface area (Å²) >= 11 is 0. The molecule has 0 saturated carbocycles. The number of aryl methyl sites for hydroxylation is 1. The molecule has 2 saturated heterocycles. The van der Waals surface area contributed by atoms with Crippen LogP contribution in [0.15, 0.2) is 24.3 Å². The Hall–Kier alpha value is -1.64. The van der Waals surface area contributed by atoms with E-state index in [-0.39, 0.29) is 11.8 Å². The topological polar surface area (TPSA) is 64.2 Å². The molecule has 0 radical (unpaired) electrons. The first-order valence-electron chi connectivity index (χ1n) is 9.57. The van der Waals surface area contributed by atoms with E-state index in [1.54, 1.807) is 14.1 Å². The molecule has 2 aliphatic rings. The Morgan fingerprint density at radius 2 is 1.67 bits per heavy atom. The monoisotopic (exact) mass is 394 g/mol. The van der Waals surface area contributed by atoms with Crippen molar-refractivity contribution < 1.29 is 13.2 Å². The third kappa shape index (κ3) is 4.44. The van der Waals surface area contributed by atoms with Crippen LogP contribution in [0.3, 0.4) is 0 Å². The Morgan fingerprint density at radius 3 is 2.22 bits per heavy atom. The Labute approximate surface area is 162 Å². The molecular formula is C19H30N4O3S. The normalized spacial score (nSPS) is 20.3. The molecule has 0 spiro atoms. The number of rotatable bonds is 4. The van der Waals surface area contributed by atoms with Gasteiger partial charge in [-0.2, -0.15) is 17.0 Å². The van der Waals surface area contributed by atoms with Crippen molar-refractivity contribution in [2.75, 3.05) is 58.3 Å². The molecule has 1 amide bonds. The lowest BCUT2D eigenvalue weighted by atomic mass is 9.96. The van der Waals surface area contributed by atoms with Gasteiger partial charge in [-0.25, -0.2) is 0 Å². The van der Waals surface area contributed by atoms with Gasteiger partial charge in [0, 0.05) is 65.0 Å². The fourth-order valence-electron chi connectivity index (χ4n) is 3.83. The molecule has 2 heterocycles. The van der Waals surface area contributed by atoms with Crippen molar-refractivity contribution >= 4 is 21.8 Å². The molecule has 7 nitrogen and oxygen atoms in total. The van der Waals surface area contributed by atoms with Gasteiger partial charge in [-0.3, -0.25) is 4.79 Å². The Bertz CT molecular complexity index is 765. The van der Waals surface area contributed by atoms with E-state index in [2.05, 4.69) is 36.1 Å². The first-order valence-corrected chi connectivity index (χ1v) is 11.0. The minimum Gasteiger partial charge on any atom is -0.368 e. The summed E-state index contributed by atoms with van der Waals surface area (Å²) in [7, 11) is -0.296. The quantitative estimate of drug-likeness (QED) is 0.769. The molecule has 0 N–H and O–H groups in total. The summed E-state index contributed by atoms with van der Waals surface area (Å²) < 4.78 is 27.1. The molecule has 1 aromatic rings. The van der Waals surface area contributed by atoms with Crippen LogP contribution in [0.5, 0.6) is 0 Å². The summed E-state index contributed by atoms with van der Waals surface area (Å²) in [6.45, 7) is 6.05. The van der Waals surface area contributed by atoms with Crippen molar-refractivity contribution in [1.82, 2.24) is 13.5 Å². The van der Waals surface area contributed by atoms with Gasteiger partial charge in [-0.15, -0.1) is 0 Å². The van der Waals surface area contributed by atoms with Crippen molar-refractivity contribution in [3.8, 4) is 0 Å². The number of hydrogen-bond acceptors (Lipinski definition) is 4. The standard InChI is InChI=1S/C19H30N4O3S/c1-16-5-4-6-18(15-16)21-11-13-22(14-12-21)19(24)17-7-9-23(10-8-17)27(25,26)20(2)3/h4-6,15,17H,7-14H2,1-3H3. The first kappa shape index (κ1) is 20.1. The fourth-order valence-corrected chi connectivity index (χ4v) is 4.97. The summed E-state index contributed by atoms with van der Waals surface area (Å²) in [5.41, 5.74) is 2.45. The van der Waals surface area contributed by atoms with Gasteiger partial charge in [-0.1, -0.05) is 12.1 Å². The van der Waals surface area contributed by atoms with E-state index in [1.165, 1.54) is 19.9 Å². The predicted octanol–water partition coefficient (Wildman–Crippen LogP) is 1.16. The second kappa shape index (κ2) is 8.16. The lowest BCUT2D eigenvalue weighted by Gasteiger charge is -2.39. The van der Waals surface area contributed by atoms with E-state index in [0.717, 1.165) is 26.2 Å². The average Bonchev–Trinajstić information content (AvgIpc) is 2.67. The Morgan fingerprint density at radius 1 is 1.04 bits per heavy atom. The van der Waals surface area contributed by atoms with Gasteiger partial charge in [-0.05, 0) is 37.5 Å². The first-order chi connectivity index (χ1) is 12.8. The third-order valence-corrected chi connectivity index (χ3v) is 7.49. The van der Waals surface area contributed by atoms with Gasteiger partial charge >= 0.3 is 0 Å². The lowest BCUT2D eigenvalue weighted by molar-refractivity contribution is -0.137. The van der Waals surface area contributed by atoms with E-state index >= 15 is 0 Å². The molecule has 2 fully saturated rings. The summed E-state index contributed by atoms with van der Waals surface area (Å²) in [6, 6.07) is 8.45. The van der Waals surface area contributed by atoms with Gasteiger partial charge in [0.1, 0.15) is 0 Å². The molecule has 27 heavy (non-hydrogen) atoms. The van der Waals surface area contributed by atoms with Crippen LogP contribution >= 0.6 is 0 Å². The zero-order chi connectivity index (χ0) is 19.6. The van der Waals surface area contributed by atoms with Crippen molar-refractivity contribution in [3.05, 3.63) is 29.8 Å². The molecular weight excluding hydrogens is 364 g/mol. The molecule has 150 valence electrons. The van der Waals surface area contributed by atoms with Gasteiger partial charge in [0.15, 0.2) is 0 Å². The number of carbonyl (C=O) groups is 1. The highest BCUT2D eigenvalue weighted by atomic mass is 32.2. The number of benzene rings is 1. The smallest absolute Gasteiger partial charge is 0.281 e. The maximum Gasteiger partial charge on any atom is 0.281 e. The van der Waals surface area contributed by atoms with Crippen LogP contribution in [0.2, 0.25) is 0 Å². The van der Waals surface area contributed by atoms with Crippen LogP contribution in [0.4, 0.5) is 5.69 Å². The molecule has 2 aliphatic heterocycles. The highest BCUT2D eigenvalue weighted by Crippen LogP contribution is 2.24. The molecule has 0 aromatic heterocycles. The Balaban J connectivity index is 1.52. The minimum atomic E-state index is -3.38. The summed E-state index contributed by atoms with van der Waals surface area (Å²) in [5, 5.41) is 0. The molecule has 0 bridgehead atoms. The van der Waals surface area contributed by atoms with E-state index in [9.17, 15) is 13.2 Å². The van der Waals surface area contributed by atoms with Crippen LogP contribution in [0, 0.1) is 12.8 Å². The largest absolute Gasteiger partial charge is 0.368 e. The second-order valence-electron chi connectivity index (χ2n) is 7.61. The molecule has 8 heteroatoms. The van der Waals surface area contributed by atoms with Crippen LogP contribution in [0.25, 0.3) is 0 Å². The lowest BCUT2D eigenvalue weighted by Crippen LogP contribution is -2.52. The number of carbonyl (C=O) groups excluding carboxylic acids is 1. The van der Waals surface area contributed by atoms with Crippen molar-refractivity contribution in [3.63, 3.8) is 0 Å². The van der Waals surface area contributed by atoms with Crippen LogP contribution in [0.1, 0.15) is 18.4 Å². The molecule has 0 unspecified atom stereocenters. The number of hydrogen-bond donors (Lipinski definition) is 0. The van der Waals surface area contributed by atoms with E-state index in [0.29, 0.717) is 25.9 Å². The third-order valence-electron chi connectivity index (χ3n) is 5.55. The zero-order valence-corrected chi connectivity index (χ0v) is 17.3. The summed E-state index contributed by atoms with van der Waals surface area (Å²) in [6.07, 6.45) is 1.20. The van der Waals surface area contributed by atoms with Gasteiger partial charge in [0.25, 0.3) is 10.2 Å². The van der Waals surface area contributed by atoms with Crippen LogP contribution in [-0.4, -0.2) is 81.2 Å². The van der Waals surface area contributed by atoms with E-state index in [4.69, 9.17) is 0 Å². The second-order valence-corrected chi connectivity index (χ2v) is 9.76. The predicted molar refractivity (Wildman–Crippen MR) is 107 cm³/mol. The van der Waals surface area contributed by atoms with Crippen LogP contribution in [-0.2, 0) is 15.0 Å². The van der Waals surface area contributed by atoms with Crippen LogP contribution < -0.4 is 4.90 Å². The zero-order valence-electron chi connectivity index (χ0n) is 16.5. The SMILES string of the molecule is Cc1cccc(N2CCN(C(=O)C3CCN(S(=O)(=O)N(C)C)CC3)CC2)c1. The van der Waals surface area contributed by atoms with Crippen molar-refractivity contribution in [2.45, 2.75) is 19.8 Å². The van der Waals surface area contributed by atoms with E-state index in [1.807, 2.05) is 4.90 Å². The number of amides is 1. The number of piperazine rings is 1. The summed E-state index contributed by atoms with van der Waals surface area (Å²) in [4.78, 5) is 17.1. The van der Waals surface area contributed by atoms with E-state index < -0.39 is 10.2 Å². The highest BCUT2D eigenvalue weighted by Gasteiger charge is 2.34. The molecule has 1 aromatic carbocycles. The van der Waals surface area contributed by atoms with Crippen molar-refractivity contribution in [2.24, 2.45) is 5.92 Å². The Kier molecular flexibility index (Phi) is 6.08. The average molecular weight is 395 g/mol. The van der Waals surface area contributed by atoms with Crippen molar-refractivity contribution in [1.29, 1.82) is 0 Å². The molecule has 3 rings (SSSR count).